The summed E-state index contributed by atoms with van der Waals surface area (Å²) in [4.78, 5) is 49.6. The lowest BCUT2D eigenvalue weighted by atomic mass is 9.98. The summed E-state index contributed by atoms with van der Waals surface area (Å²) in [6.45, 7) is -0.210. The molecule has 0 aliphatic heterocycles. The summed E-state index contributed by atoms with van der Waals surface area (Å²) >= 11 is 0. The lowest BCUT2D eigenvalue weighted by Crippen LogP contribution is -2.48. The minimum atomic E-state index is -1.34. The highest BCUT2D eigenvalue weighted by molar-refractivity contribution is 5.90. The number of carboxylic acids is 1. The highest BCUT2D eigenvalue weighted by atomic mass is 16.6. The normalized spacial score (nSPS) is 12.5. The Balaban J connectivity index is 1.23. The number of esters is 1. The van der Waals surface area contributed by atoms with Crippen LogP contribution in [-0.4, -0.2) is 46.9 Å². The SMILES string of the molecule is O=C(C[C@H](NC(=O)OCC1c2ccccc2-c2ccccc21)C(=O)NCc1cc(C(=O)O)no1)OCc1ccccc1. The molecule has 214 valence electrons. The van der Waals surface area contributed by atoms with Gasteiger partial charge in [0.15, 0.2) is 11.5 Å². The number of nitrogens with zero attached hydrogens (tertiary/aromatic N) is 1. The Morgan fingerprint density at radius 3 is 2.17 bits per heavy atom. The Hall–Kier alpha value is -5.45. The molecule has 0 unspecified atom stereocenters. The maximum atomic E-state index is 13.0. The fourth-order valence-electron chi connectivity index (χ4n) is 4.75. The molecule has 5 rings (SSSR count). The van der Waals surface area contributed by atoms with Gasteiger partial charge in [-0.3, -0.25) is 9.59 Å². The maximum Gasteiger partial charge on any atom is 0.407 e. The monoisotopic (exact) mass is 569 g/mol. The zero-order valence-corrected chi connectivity index (χ0v) is 22.3. The molecule has 1 atom stereocenters. The van der Waals surface area contributed by atoms with Gasteiger partial charge in [0.2, 0.25) is 5.91 Å². The Labute approximate surface area is 240 Å². The zero-order chi connectivity index (χ0) is 29.5. The van der Waals surface area contributed by atoms with Crippen LogP contribution in [0.1, 0.15) is 45.3 Å². The van der Waals surface area contributed by atoms with Gasteiger partial charge in [0.05, 0.1) is 13.0 Å². The summed E-state index contributed by atoms with van der Waals surface area (Å²) in [5.41, 5.74) is 4.63. The smallest absolute Gasteiger partial charge is 0.407 e. The van der Waals surface area contributed by atoms with Gasteiger partial charge in [-0.05, 0) is 27.8 Å². The van der Waals surface area contributed by atoms with Crippen LogP contribution in [-0.2, 0) is 32.2 Å². The molecule has 0 spiro atoms. The molecule has 0 bridgehead atoms. The van der Waals surface area contributed by atoms with Gasteiger partial charge in [-0.2, -0.15) is 0 Å². The number of aromatic nitrogens is 1. The second-order valence-corrected chi connectivity index (χ2v) is 9.57. The Kier molecular flexibility index (Phi) is 8.57. The molecule has 0 saturated carbocycles. The summed E-state index contributed by atoms with van der Waals surface area (Å²) < 4.78 is 15.8. The van der Waals surface area contributed by atoms with Crippen LogP contribution in [0.2, 0.25) is 0 Å². The second kappa shape index (κ2) is 12.8. The van der Waals surface area contributed by atoms with E-state index in [0.29, 0.717) is 0 Å². The number of hydrogen-bond acceptors (Lipinski definition) is 8. The van der Waals surface area contributed by atoms with E-state index < -0.39 is 36.4 Å². The molecule has 11 nitrogen and oxygen atoms in total. The van der Waals surface area contributed by atoms with Gasteiger partial charge in [-0.15, -0.1) is 0 Å². The average molecular weight is 570 g/mol. The van der Waals surface area contributed by atoms with Crippen molar-refractivity contribution in [3.8, 4) is 11.1 Å². The molecule has 1 aliphatic rings. The van der Waals surface area contributed by atoms with E-state index in [4.69, 9.17) is 19.1 Å². The van der Waals surface area contributed by atoms with Gasteiger partial charge < -0.3 is 29.7 Å². The number of aromatic carboxylic acids is 1. The van der Waals surface area contributed by atoms with Crippen LogP contribution in [0.25, 0.3) is 11.1 Å². The van der Waals surface area contributed by atoms with Gasteiger partial charge in [0, 0.05) is 12.0 Å². The van der Waals surface area contributed by atoms with Crippen LogP contribution in [0.4, 0.5) is 4.79 Å². The average Bonchev–Trinajstić information content (AvgIpc) is 3.61. The summed E-state index contributed by atoms with van der Waals surface area (Å²) in [6.07, 6.45) is -1.36. The number of alkyl carbamates (subject to hydrolysis) is 1. The van der Waals surface area contributed by atoms with E-state index in [0.717, 1.165) is 33.9 Å². The fourth-order valence-corrected chi connectivity index (χ4v) is 4.75. The van der Waals surface area contributed by atoms with Crippen molar-refractivity contribution in [3.63, 3.8) is 0 Å². The number of rotatable bonds is 11. The Morgan fingerprint density at radius 2 is 1.52 bits per heavy atom. The third-order valence-electron chi connectivity index (χ3n) is 6.78. The first-order valence-electron chi connectivity index (χ1n) is 13.2. The number of amides is 2. The number of carbonyl (C=O) groups is 4. The van der Waals surface area contributed by atoms with E-state index in [-0.39, 0.29) is 37.1 Å². The van der Waals surface area contributed by atoms with Crippen molar-refractivity contribution in [1.82, 2.24) is 15.8 Å². The third-order valence-corrected chi connectivity index (χ3v) is 6.78. The first kappa shape index (κ1) is 28.1. The second-order valence-electron chi connectivity index (χ2n) is 9.57. The van der Waals surface area contributed by atoms with Gasteiger partial charge in [0.25, 0.3) is 0 Å². The number of nitrogens with one attached hydrogen (secondary N) is 2. The topological polar surface area (TPSA) is 157 Å². The molecule has 0 radical (unpaired) electrons. The van der Waals surface area contributed by atoms with Crippen LogP contribution in [0, 0.1) is 0 Å². The summed E-state index contributed by atoms with van der Waals surface area (Å²) in [7, 11) is 0. The lowest BCUT2D eigenvalue weighted by molar-refractivity contribution is -0.147. The summed E-state index contributed by atoms with van der Waals surface area (Å²) in [5, 5.41) is 17.4. The molecular formula is C31H27N3O8. The third kappa shape index (κ3) is 6.64. The van der Waals surface area contributed by atoms with E-state index in [1.165, 1.54) is 0 Å². The van der Waals surface area contributed by atoms with E-state index in [1.54, 1.807) is 24.3 Å². The molecule has 1 aromatic heterocycles. The number of ether oxygens (including phenoxy) is 2. The van der Waals surface area contributed by atoms with Gasteiger partial charge in [-0.1, -0.05) is 84.0 Å². The fraction of sp³-hybridized carbons (Fsp3) is 0.194. The molecule has 3 aromatic carbocycles. The predicted molar refractivity (Wildman–Crippen MR) is 148 cm³/mol. The highest BCUT2D eigenvalue weighted by Crippen LogP contribution is 2.44. The molecule has 2 amide bonds. The maximum absolute atomic E-state index is 13.0. The van der Waals surface area contributed by atoms with E-state index in [2.05, 4.69) is 15.8 Å². The Bertz CT molecular complexity index is 1550. The number of benzene rings is 3. The van der Waals surface area contributed by atoms with Crippen molar-refractivity contribution in [3.05, 3.63) is 113 Å². The Morgan fingerprint density at radius 1 is 0.881 bits per heavy atom. The molecule has 11 heteroatoms. The minimum Gasteiger partial charge on any atom is -0.476 e. The van der Waals surface area contributed by atoms with Crippen molar-refractivity contribution >= 4 is 23.9 Å². The van der Waals surface area contributed by atoms with Crippen molar-refractivity contribution in [2.75, 3.05) is 6.61 Å². The van der Waals surface area contributed by atoms with E-state index in [9.17, 15) is 19.2 Å². The molecule has 1 heterocycles. The van der Waals surface area contributed by atoms with E-state index in [1.807, 2.05) is 54.6 Å². The van der Waals surface area contributed by atoms with Crippen molar-refractivity contribution in [2.45, 2.75) is 31.5 Å². The van der Waals surface area contributed by atoms with E-state index >= 15 is 0 Å². The molecule has 0 fully saturated rings. The van der Waals surface area contributed by atoms with Gasteiger partial charge in [-0.25, -0.2) is 9.59 Å². The number of carbonyl (C=O) groups excluding carboxylic acids is 3. The minimum absolute atomic E-state index is 0.00497. The van der Waals surface area contributed by atoms with Crippen molar-refractivity contribution in [1.29, 1.82) is 0 Å². The largest absolute Gasteiger partial charge is 0.476 e. The zero-order valence-electron chi connectivity index (χ0n) is 22.3. The standard InChI is InChI=1S/C31H27N3O8/c35-28(40-17-19-8-2-1-3-9-19)15-26(29(36)32-16-20-14-27(30(37)38)34-42-20)33-31(39)41-18-25-23-12-6-4-10-21(23)22-11-5-7-13-24(22)25/h1-14,25-26H,15-18H2,(H,32,36)(H,33,39)(H,37,38)/t26-/m0/s1. The predicted octanol–water partition coefficient (Wildman–Crippen LogP) is 4.03. The molecule has 0 saturated heterocycles. The first-order chi connectivity index (χ1) is 20.4. The van der Waals surface area contributed by atoms with Crippen LogP contribution in [0.3, 0.4) is 0 Å². The van der Waals surface area contributed by atoms with Crippen LogP contribution in [0.5, 0.6) is 0 Å². The van der Waals surface area contributed by atoms with Gasteiger partial charge in [0.1, 0.15) is 19.3 Å². The number of carboxylic acid groups (broad SMARTS) is 1. The molecule has 1 aliphatic carbocycles. The number of hydrogen-bond donors (Lipinski definition) is 3. The highest BCUT2D eigenvalue weighted by Gasteiger charge is 2.30. The first-order valence-corrected chi connectivity index (χ1v) is 13.2. The molecule has 4 aromatic rings. The number of fused-ring (bicyclic) bond motifs is 3. The quantitative estimate of drug-likeness (QED) is 0.227. The molecule has 3 N–H and O–H groups in total. The molecule has 42 heavy (non-hydrogen) atoms. The van der Waals surface area contributed by atoms with Gasteiger partial charge >= 0.3 is 18.0 Å². The van der Waals surface area contributed by atoms with Crippen LogP contribution in [0.15, 0.2) is 89.5 Å². The summed E-state index contributed by atoms with van der Waals surface area (Å²) in [5.74, 6) is -2.85. The lowest BCUT2D eigenvalue weighted by Gasteiger charge is -2.19. The molecular weight excluding hydrogens is 542 g/mol. The van der Waals surface area contributed by atoms with Crippen molar-refractivity contribution < 1.29 is 38.3 Å². The summed E-state index contributed by atoms with van der Waals surface area (Å²) in [6, 6.07) is 24.6. The van der Waals surface area contributed by atoms with Crippen LogP contribution >= 0.6 is 0 Å². The van der Waals surface area contributed by atoms with Crippen LogP contribution < -0.4 is 10.6 Å². The van der Waals surface area contributed by atoms with Crippen molar-refractivity contribution in [2.24, 2.45) is 0 Å².